The Morgan fingerprint density at radius 2 is 1.57 bits per heavy atom. The Hall–Kier alpha value is -3.93. The SMILES string of the molecule is CCC(C)NC(=O)C(Cc1ccccc1)N(Cc1ccc(F)cc1)C(=O)CN(c1cccc(C(F)(F)F)c1)S(C)(=O)=O. The fraction of sp³-hybridized carbons (Fsp3) is 0.333. The first-order chi connectivity index (χ1) is 19.7. The largest absolute Gasteiger partial charge is 0.416 e. The maximum atomic E-state index is 14.0. The summed E-state index contributed by atoms with van der Waals surface area (Å²) in [5.41, 5.74) is -0.258. The highest BCUT2D eigenvalue weighted by Crippen LogP contribution is 2.32. The van der Waals surface area contributed by atoms with Crippen molar-refractivity contribution in [3.8, 4) is 0 Å². The molecular formula is C30H33F4N3O4S. The van der Waals surface area contributed by atoms with Gasteiger partial charge in [-0.1, -0.05) is 55.5 Å². The quantitative estimate of drug-likeness (QED) is 0.288. The van der Waals surface area contributed by atoms with Gasteiger partial charge in [0.15, 0.2) is 0 Å². The van der Waals surface area contributed by atoms with Crippen molar-refractivity contribution < 1.29 is 35.6 Å². The van der Waals surface area contributed by atoms with Crippen LogP contribution in [0.1, 0.15) is 37.0 Å². The van der Waals surface area contributed by atoms with Crippen LogP contribution in [0.15, 0.2) is 78.9 Å². The fourth-order valence-corrected chi connectivity index (χ4v) is 5.07. The highest BCUT2D eigenvalue weighted by atomic mass is 32.2. The van der Waals surface area contributed by atoms with Gasteiger partial charge in [-0.15, -0.1) is 0 Å². The van der Waals surface area contributed by atoms with Gasteiger partial charge in [0.05, 0.1) is 17.5 Å². The molecule has 0 fully saturated rings. The molecule has 2 amide bonds. The molecule has 0 radical (unpaired) electrons. The second kappa shape index (κ2) is 13.8. The third kappa shape index (κ3) is 9.04. The molecule has 1 N–H and O–H groups in total. The summed E-state index contributed by atoms with van der Waals surface area (Å²) in [5.74, 6) is -1.84. The first kappa shape index (κ1) is 32.6. The standard InChI is InChI=1S/C30H33F4N3O4S/c1-4-21(2)35-29(39)27(17-22-9-6-5-7-10-22)36(19-23-13-15-25(31)16-14-23)28(38)20-37(42(3,40)41)26-12-8-11-24(18-26)30(32,33)34/h5-16,18,21,27H,4,17,19-20H2,1-3H3,(H,35,39). The Bertz CT molecular complexity index is 1470. The molecule has 0 heterocycles. The van der Waals surface area contributed by atoms with E-state index in [4.69, 9.17) is 0 Å². The maximum Gasteiger partial charge on any atom is 0.416 e. The first-order valence-electron chi connectivity index (χ1n) is 13.2. The van der Waals surface area contributed by atoms with Crippen LogP contribution in [0.3, 0.4) is 0 Å². The van der Waals surface area contributed by atoms with E-state index >= 15 is 0 Å². The third-order valence-electron chi connectivity index (χ3n) is 6.68. The van der Waals surface area contributed by atoms with Crippen LogP contribution in [-0.4, -0.2) is 50.0 Å². The van der Waals surface area contributed by atoms with Crippen molar-refractivity contribution in [1.82, 2.24) is 10.2 Å². The number of carbonyl (C=O) groups is 2. The molecule has 7 nitrogen and oxygen atoms in total. The summed E-state index contributed by atoms with van der Waals surface area (Å²) in [4.78, 5) is 28.7. The van der Waals surface area contributed by atoms with E-state index in [0.29, 0.717) is 22.4 Å². The molecule has 0 aliphatic rings. The zero-order chi connectivity index (χ0) is 31.1. The summed E-state index contributed by atoms with van der Waals surface area (Å²) in [7, 11) is -4.25. The molecule has 42 heavy (non-hydrogen) atoms. The summed E-state index contributed by atoms with van der Waals surface area (Å²) < 4.78 is 80.0. The molecule has 3 aromatic carbocycles. The van der Waals surface area contributed by atoms with Crippen LogP contribution in [0.2, 0.25) is 0 Å². The van der Waals surface area contributed by atoms with E-state index in [1.54, 1.807) is 37.3 Å². The lowest BCUT2D eigenvalue weighted by Crippen LogP contribution is -2.54. The molecule has 0 saturated carbocycles. The second-order valence-corrected chi connectivity index (χ2v) is 11.9. The fourth-order valence-electron chi connectivity index (χ4n) is 4.23. The topological polar surface area (TPSA) is 86.8 Å². The Morgan fingerprint density at radius 3 is 2.14 bits per heavy atom. The molecule has 0 aliphatic heterocycles. The van der Waals surface area contributed by atoms with Crippen molar-refractivity contribution >= 4 is 27.5 Å². The van der Waals surface area contributed by atoms with Gasteiger partial charge >= 0.3 is 6.18 Å². The Morgan fingerprint density at radius 1 is 0.929 bits per heavy atom. The number of rotatable bonds is 12. The minimum atomic E-state index is -4.74. The first-order valence-corrected chi connectivity index (χ1v) is 15.1. The van der Waals surface area contributed by atoms with Gasteiger partial charge in [0.1, 0.15) is 18.4 Å². The number of sulfonamides is 1. The number of nitrogens with zero attached hydrogens (tertiary/aromatic N) is 2. The smallest absolute Gasteiger partial charge is 0.352 e. The lowest BCUT2D eigenvalue weighted by Gasteiger charge is -2.34. The van der Waals surface area contributed by atoms with Gasteiger partial charge in [-0.25, -0.2) is 12.8 Å². The number of benzene rings is 3. The second-order valence-electron chi connectivity index (χ2n) is 9.99. The van der Waals surface area contributed by atoms with E-state index in [9.17, 15) is 35.6 Å². The number of amides is 2. The number of hydrogen-bond donors (Lipinski definition) is 1. The monoisotopic (exact) mass is 607 g/mol. The normalized spacial score (nSPS) is 13.2. The molecule has 226 valence electrons. The van der Waals surface area contributed by atoms with Crippen molar-refractivity contribution in [3.05, 3.63) is 101 Å². The van der Waals surface area contributed by atoms with E-state index < -0.39 is 52.0 Å². The van der Waals surface area contributed by atoms with Crippen molar-refractivity contribution in [2.45, 2.75) is 51.5 Å². The molecule has 0 spiro atoms. The molecule has 0 saturated heterocycles. The van der Waals surface area contributed by atoms with Crippen LogP contribution >= 0.6 is 0 Å². The predicted molar refractivity (Wildman–Crippen MR) is 152 cm³/mol. The van der Waals surface area contributed by atoms with Crippen LogP contribution in [0.5, 0.6) is 0 Å². The van der Waals surface area contributed by atoms with Gasteiger partial charge in [-0.05, 0) is 54.8 Å². The maximum absolute atomic E-state index is 14.0. The number of halogens is 4. The van der Waals surface area contributed by atoms with Gasteiger partial charge in [0, 0.05) is 19.0 Å². The van der Waals surface area contributed by atoms with E-state index in [0.717, 1.165) is 30.0 Å². The van der Waals surface area contributed by atoms with Gasteiger partial charge in [0.25, 0.3) is 0 Å². The minimum Gasteiger partial charge on any atom is -0.352 e. The molecule has 2 atom stereocenters. The van der Waals surface area contributed by atoms with E-state index in [2.05, 4.69) is 5.32 Å². The number of hydrogen-bond acceptors (Lipinski definition) is 4. The van der Waals surface area contributed by atoms with Gasteiger partial charge in [0.2, 0.25) is 21.8 Å². The summed E-state index contributed by atoms with van der Waals surface area (Å²) in [6.45, 7) is 2.61. The van der Waals surface area contributed by atoms with Gasteiger partial charge in [-0.3, -0.25) is 13.9 Å². The Balaban J connectivity index is 2.08. The van der Waals surface area contributed by atoms with Gasteiger partial charge in [-0.2, -0.15) is 13.2 Å². The molecule has 3 aromatic rings. The number of carbonyl (C=O) groups excluding carboxylic acids is 2. The molecule has 0 aromatic heterocycles. The van der Waals surface area contributed by atoms with Crippen LogP contribution < -0.4 is 9.62 Å². The molecule has 3 rings (SSSR count). The summed E-state index contributed by atoms with van der Waals surface area (Å²) in [5, 5.41) is 2.87. The highest BCUT2D eigenvalue weighted by molar-refractivity contribution is 7.92. The zero-order valence-electron chi connectivity index (χ0n) is 23.4. The van der Waals surface area contributed by atoms with Crippen LogP contribution in [0.4, 0.5) is 23.2 Å². The predicted octanol–water partition coefficient (Wildman–Crippen LogP) is 5.17. The van der Waals surface area contributed by atoms with Crippen LogP contribution in [0.25, 0.3) is 0 Å². The molecule has 12 heteroatoms. The summed E-state index contributed by atoms with van der Waals surface area (Å²) >= 11 is 0. The van der Waals surface area contributed by atoms with Crippen molar-refractivity contribution in [2.24, 2.45) is 0 Å². The van der Waals surface area contributed by atoms with E-state index in [1.165, 1.54) is 29.2 Å². The van der Waals surface area contributed by atoms with E-state index in [-0.39, 0.29) is 24.7 Å². The Kier molecular flexibility index (Phi) is 10.7. The summed E-state index contributed by atoms with van der Waals surface area (Å²) in [6.07, 6.45) is -3.29. The Labute approximate surface area is 243 Å². The number of nitrogens with one attached hydrogen (secondary N) is 1. The highest BCUT2D eigenvalue weighted by Gasteiger charge is 2.35. The number of anilines is 1. The molecular weight excluding hydrogens is 574 g/mol. The van der Waals surface area contributed by atoms with Crippen molar-refractivity contribution in [2.75, 3.05) is 17.1 Å². The van der Waals surface area contributed by atoms with Crippen LogP contribution in [-0.2, 0) is 38.8 Å². The van der Waals surface area contributed by atoms with Crippen molar-refractivity contribution in [3.63, 3.8) is 0 Å². The molecule has 2 unspecified atom stereocenters. The molecule has 0 aliphatic carbocycles. The lowest BCUT2D eigenvalue weighted by atomic mass is 10.0. The molecule has 0 bridgehead atoms. The van der Waals surface area contributed by atoms with Crippen molar-refractivity contribution in [1.29, 1.82) is 0 Å². The van der Waals surface area contributed by atoms with E-state index in [1.807, 2.05) is 6.92 Å². The third-order valence-corrected chi connectivity index (χ3v) is 7.82. The average Bonchev–Trinajstić information content (AvgIpc) is 2.93. The minimum absolute atomic E-state index is 0.0679. The zero-order valence-corrected chi connectivity index (χ0v) is 24.3. The lowest BCUT2D eigenvalue weighted by molar-refractivity contribution is -0.140. The van der Waals surface area contributed by atoms with Crippen LogP contribution in [0, 0.1) is 5.82 Å². The summed E-state index contributed by atoms with van der Waals surface area (Å²) in [6, 6.07) is 16.4. The van der Waals surface area contributed by atoms with Gasteiger partial charge < -0.3 is 10.2 Å². The number of alkyl halides is 3. The average molecular weight is 608 g/mol.